The number of nitrogens with one attached hydrogen (secondary N) is 1. The lowest BCUT2D eigenvalue weighted by molar-refractivity contribution is 0.0697. The highest BCUT2D eigenvalue weighted by Crippen LogP contribution is 2.11. The quantitative estimate of drug-likeness (QED) is 0.729. The van der Waals surface area contributed by atoms with Gasteiger partial charge in [-0.1, -0.05) is 30.3 Å². The Bertz CT molecular complexity index is 974. The van der Waals surface area contributed by atoms with Gasteiger partial charge >= 0.3 is 5.97 Å². The van der Waals surface area contributed by atoms with Gasteiger partial charge in [0.25, 0.3) is 5.56 Å². The largest absolute Gasteiger partial charge is 0.478 e. The smallest absolute Gasteiger partial charge is 0.335 e. The zero-order valence-corrected chi connectivity index (χ0v) is 12.3. The van der Waals surface area contributed by atoms with E-state index < -0.39 is 5.97 Å². The molecule has 2 N–H and O–H groups in total. The lowest BCUT2D eigenvalue weighted by Crippen LogP contribution is -2.23. The van der Waals surface area contributed by atoms with Crippen LogP contribution >= 0.6 is 12.2 Å². The molecular formula is C16H12N2O3S. The highest BCUT2D eigenvalue weighted by molar-refractivity contribution is 7.71. The Morgan fingerprint density at radius 1 is 1.18 bits per heavy atom. The SMILES string of the molecule is O=C(O)c1ccc2[nH]c(=S)n(Cc3ccccc3)c(=O)c2c1. The van der Waals surface area contributed by atoms with E-state index in [1.165, 1.54) is 16.7 Å². The fraction of sp³-hybridized carbons (Fsp3) is 0.0625. The standard InChI is InChI=1S/C16H12N2O3S/c19-14-12-8-11(15(20)21)6-7-13(12)17-16(22)18(14)9-10-4-2-1-3-5-10/h1-8H,9H2,(H,17,22)(H,20,21). The van der Waals surface area contributed by atoms with Crippen molar-refractivity contribution in [3.8, 4) is 0 Å². The number of carboxylic acid groups (broad SMARTS) is 1. The molecule has 3 aromatic rings. The summed E-state index contributed by atoms with van der Waals surface area (Å²) in [6, 6.07) is 13.8. The molecule has 0 aliphatic heterocycles. The molecule has 110 valence electrons. The molecule has 0 amide bonds. The average Bonchev–Trinajstić information content (AvgIpc) is 2.52. The predicted octanol–water partition coefficient (Wildman–Crippen LogP) is 2.81. The molecule has 0 bridgehead atoms. The second-order valence-electron chi connectivity index (χ2n) is 4.87. The Labute approximate surface area is 130 Å². The molecule has 0 saturated carbocycles. The molecule has 0 saturated heterocycles. The van der Waals surface area contributed by atoms with Crippen molar-refractivity contribution in [2.75, 3.05) is 0 Å². The van der Waals surface area contributed by atoms with Crippen LogP contribution < -0.4 is 5.56 Å². The van der Waals surface area contributed by atoms with Gasteiger partial charge in [0.1, 0.15) is 0 Å². The van der Waals surface area contributed by atoms with Gasteiger partial charge in [0, 0.05) is 0 Å². The number of carboxylic acids is 1. The first-order chi connectivity index (χ1) is 10.6. The number of rotatable bonds is 3. The Kier molecular flexibility index (Phi) is 3.60. The van der Waals surface area contributed by atoms with Crippen molar-refractivity contribution in [2.45, 2.75) is 6.54 Å². The lowest BCUT2D eigenvalue weighted by atomic mass is 10.1. The monoisotopic (exact) mass is 312 g/mol. The molecular weight excluding hydrogens is 300 g/mol. The van der Waals surface area contributed by atoms with Gasteiger partial charge in [0.05, 0.1) is 23.0 Å². The number of H-pyrrole nitrogens is 1. The highest BCUT2D eigenvalue weighted by Gasteiger charge is 2.10. The maximum atomic E-state index is 12.6. The summed E-state index contributed by atoms with van der Waals surface area (Å²) < 4.78 is 1.74. The van der Waals surface area contributed by atoms with Crippen molar-refractivity contribution < 1.29 is 9.90 Å². The second kappa shape index (κ2) is 5.57. The van der Waals surface area contributed by atoms with E-state index in [2.05, 4.69) is 4.98 Å². The summed E-state index contributed by atoms with van der Waals surface area (Å²) in [6.45, 7) is 0.336. The van der Waals surface area contributed by atoms with Gasteiger partial charge in [-0.2, -0.15) is 0 Å². The summed E-state index contributed by atoms with van der Waals surface area (Å²) in [6.07, 6.45) is 0. The Morgan fingerprint density at radius 3 is 2.59 bits per heavy atom. The Hall–Kier alpha value is -2.73. The number of aromatic carboxylic acids is 1. The third kappa shape index (κ3) is 2.56. The van der Waals surface area contributed by atoms with E-state index in [-0.39, 0.29) is 11.1 Å². The van der Waals surface area contributed by atoms with E-state index in [4.69, 9.17) is 17.3 Å². The van der Waals surface area contributed by atoms with E-state index in [1.807, 2.05) is 30.3 Å². The van der Waals surface area contributed by atoms with Crippen LogP contribution in [0.5, 0.6) is 0 Å². The minimum Gasteiger partial charge on any atom is -0.478 e. The van der Waals surface area contributed by atoms with Crippen LogP contribution in [0.15, 0.2) is 53.3 Å². The predicted molar refractivity (Wildman–Crippen MR) is 85.9 cm³/mol. The minimum absolute atomic E-state index is 0.0707. The molecule has 5 nitrogen and oxygen atoms in total. The average molecular weight is 312 g/mol. The van der Waals surface area contributed by atoms with Crippen molar-refractivity contribution in [3.05, 3.63) is 74.8 Å². The summed E-state index contributed by atoms with van der Waals surface area (Å²) in [5.74, 6) is -1.07. The van der Waals surface area contributed by atoms with E-state index in [0.717, 1.165) is 5.56 Å². The van der Waals surface area contributed by atoms with Gasteiger partial charge in [0.15, 0.2) is 4.77 Å². The molecule has 0 atom stereocenters. The van der Waals surface area contributed by atoms with Gasteiger partial charge in [-0.3, -0.25) is 9.36 Å². The van der Waals surface area contributed by atoms with Crippen LogP contribution in [0, 0.1) is 4.77 Å². The topological polar surface area (TPSA) is 75.1 Å². The van der Waals surface area contributed by atoms with Crippen LogP contribution in [0.4, 0.5) is 0 Å². The maximum Gasteiger partial charge on any atom is 0.335 e. The number of carbonyl (C=O) groups is 1. The zero-order chi connectivity index (χ0) is 15.7. The summed E-state index contributed by atoms with van der Waals surface area (Å²) in [5, 5.41) is 9.36. The van der Waals surface area contributed by atoms with E-state index in [9.17, 15) is 9.59 Å². The Balaban J connectivity index is 2.20. The highest BCUT2D eigenvalue weighted by atomic mass is 32.1. The van der Waals surface area contributed by atoms with Crippen LogP contribution in [-0.4, -0.2) is 20.6 Å². The molecule has 0 fully saturated rings. The van der Waals surface area contributed by atoms with Crippen molar-refractivity contribution in [2.24, 2.45) is 0 Å². The molecule has 0 aliphatic carbocycles. The van der Waals surface area contributed by atoms with E-state index in [0.29, 0.717) is 22.2 Å². The molecule has 2 aromatic carbocycles. The fourth-order valence-electron chi connectivity index (χ4n) is 2.29. The van der Waals surface area contributed by atoms with Crippen molar-refractivity contribution in [1.82, 2.24) is 9.55 Å². The van der Waals surface area contributed by atoms with Crippen LogP contribution in [0.3, 0.4) is 0 Å². The normalized spacial score (nSPS) is 10.7. The Morgan fingerprint density at radius 2 is 1.91 bits per heavy atom. The molecule has 0 unspecified atom stereocenters. The van der Waals surface area contributed by atoms with Crippen molar-refractivity contribution in [1.29, 1.82) is 0 Å². The molecule has 0 spiro atoms. The van der Waals surface area contributed by atoms with Crippen molar-refractivity contribution in [3.63, 3.8) is 0 Å². The number of hydrogen-bond acceptors (Lipinski definition) is 3. The number of aromatic nitrogens is 2. The van der Waals surface area contributed by atoms with Crippen LogP contribution in [-0.2, 0) is 6.54 Å². The molecule has 0 radical (unpaired) electrons. The lowest BCUT2D eigenvalue weighted by Gasteiger charge is -2.08. The fourth-order valence-corrected chi connectivity index (χ4v) is 2.55. The molecule has 0 aliphatic rings. The minimum atomic E-state index is -1.07. The first-order valence-electron chi connectivity index (χ1n) is 6.60. The van der Waals surface area contributed by atoms with Gasteiger partial charge in [-0.05, 0) is 36.0 Å². The van der Waals surface area contributed by atoms with Gasteiger partial charge in [-0.25, -0.2) is 4.79 Å². The first-order valence-corrected chi connectivity index (χ1v) is 7.01. The van der Waals surface area contributed by atoms with E-state index >= 15 is 0 Å². The van der Waals surface area contributed by atoms with Crippen molar-refractivity contribution >= 4 is 29.1 Å². The third-order valence-electron chi connectivity index (χ3n) is 3.41. The molecule has 6 heteroatoms. The van der Waals surface area contributed by atoms with Gasteiger partial charge in [-0.15, -0.1) is 0 Å². The number of hydrogen-bond donors (Lipinski definition) is 2. The molecule has 3 rings (SSSR count). The van der Waals surface area contributed by atoms with Gasteiger partial charge < -0.3 is 10.1 Å². The molecule has 1 aromatic heterocycles. The number of aromatic amines is 1. The van der Waals surface area contributed by atoms with Crippen LogP contribution in [0.1, 0.15) is 15.9 Å². The number of fused-ring (bicyclic) bond motifs is 1. The maximum absolute atomic E-state index is 12.6. The van der Waals surface area contributed by atoms with Gasteiger partial charge in [0.2, 0.25) is 0 Å². The second-order valence-corrected chi connectivity index (χ2v) is 5.26. The number of nitrogens with zero attached hydrogens (tertiary/aromatic N) is 1. The number of benzene rings is 2. The summed E-state index contributed by atoms with van der Waals surface area (Å²) in [5.41, 5.74) is 1.24. The zero-order valence-electron chi connectivity index (χ0n) is 11.4. The summed E-state index contributed by atoms with van der Waals surface area (Å²) >= 11 is 5.24. The third-order valence-corrected chi connectivity index (χ3v) is 3.73. The van der Waals surface area contributed by atoms with Crippen LogP contribution in [0.2, 0.25) is 0 Å². The summed E-state index contributed by atoms with van der Waals surface area (Å²) in [4.78, 5) is 26.6. The molecule has 22 heavy (non-hydrogen) atoms. The summed E-state index contributed by atoms with van der Waals surface area (Å²) in [7, 11) is 0. The van der Waals surface area contributed by atoms with Crippen LogP contribution in [0.25, 0.3) is 10.9 Å². The van der Waals surface area contributed by atoms with E-state index in [1.54, 1.807) is 6.07 Å². The molecule has 1 heterocycles. The first kappa shape index (κ1) is 14.2.